The van der Waals surface area contributed by atoms with Gasteiger partial charge in [-0.2, -0.15) is 5.26 Å². The minimum absolute atomic E-state index is 0.0989. The number of rotatable bonds is 4. The van der Waals surface area contributed by atoms with Crippen molar-refractivity contribution in [3.05, 3.63) is 12.7 Å². The van der Waals surface area contributed by atoms with Gasteiger partial charge in [-0.3, -0.25) is 0 Å². The summed E-state index contributed by atoms with van der Waals surface area (Å²) < 4.78 is 15.0. The van der Waals surface area contributed by atoms with Crippen LogP contribution < -0.4 is 0 Å². The van der Waals surface area contributed by atoms with Gasteiger partial charge in [0.1, 0.15) is 6.10 Å². The third-order valence-electron chi connectivity index (χ3n) is 3.50. The number of nitrogens with zero attached hydrogens (tertiary/aromatic N) is 1. The highest BCUT2D eigenvalue weighted by atomic mass is 16.6. The Morgan fingerprint density at radius 1 is 1.50 bits per heavy atom. The van der Waals surface area contributed by atoms with Gasteiger partial charge in [0.15, 0.2) is 12.9 Å². The van der Waals surface area contributed by atoms with Gasteiger partial charge >= 0.3 is 11.9 Å². The van der Waals surface area contributed by atoms with Gasteiger partial charge in [0.05, 0.1) is 18.1 Å². The molecule has 1 aliphatic heterocycles. The molecule has 2 aliphatic rings. The lowest BCUT2D eigenvalue weighted by Crippen LogP contribution is -2.41. The van der Waals surface area contributed by atoms with Crippen LogP contribution in [0.1, 0.15) is 12.8 Å². The van der Waals surface area contributed by atoms with Crippen LogP contribution in [0.4, 0.5) is 0 Å². The molecule has 5 atom stereocenters. The molecule has 0 amide bonds. The summed E-state index contributed by atoms with van der Waals surface area (Å²) in [6, 6.07) is 2.06. The molecule has 1 saturated heterocycles. The van der Waals surface area contributed by atoms with Crippen molar-refractivity contribution in [1.29, 1.82) is 5.26 Å². The number of carbonyl (C=O) groups excluding carboxylic acids is 2. The van der Waals surface area contributed by atoms with E-state index >= 15 is 0 Å². The number of ether oxygens (including phenoxy) is 3. The molecule has 0 aromatic carbocycles. The Morgan fingerprint density at radius 2 is 2.25 bits per heavy atom. The number of carbonyl (C=O) groups is 2. The maximum absolute atomic E-state index is 11.6. The Labute approximate surface area is 115 Å². The molecule has 1 N–H and O–H groups in total. The molecule has 5 unspecified atom stereocenters. The summed E-state index contributed by atoms with van der Waals surface area (Å²) in [6.45, 7) is 2.66. The van der Waals surface area contributed by atoms with E-state index in [2.05, 4.69) is 17.4 Å². The topological polar surface area (TPSA) is 106 Å². The van der Waals surface area contributed by atoms with Crippen LogP contribution in [0.15, 0.2) is 12.7 Å². The molecule has 0 radical (unpaired) electrons. The molecule has 0 spiro atoms. The molecular formula is C13H15NO6. The predicted octanol–water partition coefficient (Wildman–Crippen LogP) is -0.106. The van der Waals surface area contributed by atoms with Crippen LogP contribution in [0.3, 0.4) is 0 Å². The van der Waals surface area contributed by atoms with Crippen LogP contribution in [0, 0.1) is 23.2 Å². The van der Waals surface area contributed by atoms with Crippen molar-refractivity contribution in [2.24, 2.45) is 11.8 Å². The average Bonchev–Trinajstić information content (AvgIpc) is 2.75. The molecule has 108 valence electrons. The summed E-state index contributed by atoms with van der Waals surface area (Å²) in [7, 11) is 0. The number of hydrogen-bond donors (Lipinski definition) is 1. The molecule has 7 heteroatoms. The quantitative estimate of drug-likeness (QED) is 0.566. The third kappa shape index (κ3) is 2.98. The van der Waals surface area contributed by atoms with Crippen LogP contribution in [-0.4, -0.2) is 42.1 Å². The fraction of sp³-hybridized carbons (Fsp3) is 0.615. The molecule has 2 bridgehead atoms. The van der Waals surface area contributed by atoms with E-state index < -0.39 is 43.0 Å². The number of esters is 2. The normalized spacial score (nSPS) is 34.9. The maximum Gasteiger partial charge on any atom is 0.344 e. The van der Waals surface area contributed by atoms with Gasteiger partial charge in [0, 0.05) is 12.0 Å². The molecule has 1 aliphatic carbocycles. The van der Waals surface area contributed by atoms with Crippen LogP contribution >= 0.6 is 0 Å². The second-order valence-corrected chi connectivity index (χ2v) is 4.80. The van der Waals surface area contributed by atoms with Crippen molar-refractivity contribution in [1.82, 2.24) is 0 Å². The number of nitriles is 1. The highest BCUT2D eigenvalue weighted by molar-refractivity contribution is 5.83. The first-order valence-corrected chi connectivity index (χ1v) is 6.27. The van der Waals surface area contributed by atoms with E-state index in [4.69, 9.17) is 14.7 Å². The van der Waals surface area contributed by atoms with Crippen molar-refractivity contribution < 1.29 is 28.9 Å². The fourth-order valence-electron chi connectivity index (χ4n) is 2.56. The van der Waals surface area contributed by atoms with E-state index in [1.54, 1.807) is 0 Å². The Hall–Kier alpha value is -1.91. The summed E-state index contributed by atoms with van der Waals surface area (Å²) in [4.78, 5) is 22.4. The van der Waals surface area contributed by atoms with Gasteiger partial charge in [-0.25, -0.2) is 9.59 Å². The predicted molar refractivity (Wildman–Crippen MR) is 63.7 cm³/mol. The Bertz CT molecular complexity index is 454. The zero-order chi connectivity index (χ0) is 14.7. The lowest BCUT2D eigenvalue weighted by Gasteiger charge is -2.30. The first kappa shape index (κ1) is 14.5. The van der Waals surface area contributed by atoms with Crippen LogP contribution in [-0.2, 0) is 23.8 Å². The van der Waals surface area contributed by atoms with Crippen LogP contribution in [0.25, 0.3) is 0 Å². The van der Waals surface area contributed by atoms with E-state index in [-0.39, 0.29) is 5.92 Å². The van der Waals surface area contributed by atoms with Crippen molar-refractivity contribution >= 4 is 11.9 Å². The highest BCUT2D eigenvalue weighted by Crippen LogP contribution is 2.41. The molecule has 20 heavy (non-hydrogen) atoms. The molecular weight excluding hydrogens is 266 g/mol. The standard InChI is InChI=1S/C13H15NO6/c1-2-10(15)18-6-11(16)20-12-8(5-14)3-7-4-9(12)19-13(7)17/h2,7-9,12-13,17H,1,3-4,6H2. The average molecular weight is 281 g/mol. The number of hydrogen-bond acceptors (Lipinski definition) is 7. The van der Waals surface area contributed by atoms with Gasteiger partial charge in [0.2, 0.25) is 0 Å². The van der Waals surface area contributed by atoms with Gasteiger partial charge in [-0.15, -0.1) is 0 Å². The molecule has 0 aromatic heterocycles. The summed E-state index contributed by atoms with van der Waals surface area (Å²) >= 11 is 0. The van der Waals surface area contributed by atoms with E-state index in [1.165, 1.54) is 0 Å². The van der Waals surface area contributed by atoms with Gasteiger partial charge < -0.3 is 19.3 Å². The Morgan fingerprint density at radius 3 is 2.90 bits per heavy atom. The molecule has 7 nitrogen and oxygen atoms in total. The van der Waals surface area contributed by atoms with Gasteiger partial charge in [-0.05, 0) is 12.8 Å². The minimum atomic E-state index is -0.918. The fourth-order valence-corrected chi connectivity index (χ4v) is 2.56. The van der Waals surface area contributed by atoms with Gasteiger partial charge in [0.25, 0.3) is 0 Å². The first-order chi connectivity index (χ1) is 9.55. The van der Waals surface area contributed by atoms with Crippen molar-refractivity contribution in [3.63, 3.8) is 0 Å². The number of aliphatic hydroxyl groups excluding tert-OH is 1. The molecule has 1 saturated carbocycles. The lowest BCUT2D eigenvalue weighted by molar-refractivity contribution is -0.173. The molecule has 0 aromatic rings. The molecule has 2 fully saturated rings. The summed E-state index contributed by atoms with van der Waals surface area (Å²) in [6.07, 6.45) is -0.260. The zero-order valence-corrected chi connectivity index (χ0v) is 10.7. The number of aliphatic hydroxyl groups is 1. The second-order valence-electron chi connectivity index (χ2n) is 4.80. The van der Waals surface area contributed by atoms with Crippen LogP contribution in [0.2, 0.25) is 0 Å². The molecule has 1 heterocycles. The van der Waals surface area contributed by atoms with E-state index in [1.807, 2.05) is 0 Å². The smallest absolute Gasteiger partial charge is 0.344 e. The summed E-state index contributed by atoms with van der Waals surface area (Å²) in [5, 5.41) is 18.7. The lowest BCUT2D eigenvalue weighted by atomic mass is 9.80. The summed E-state index contributed by atoms with van der Waals surface area (Å²) in [5.41, 5.74) is 0. The zero-order valence-electron chi connectivity index (χ0n) is 10.7. The Kier molecular flexibility index (Phi) is 4.37. The number of fused-ring (bicyclic) bond motifs is 2. The largest absolute Gasteiger partial charge is 0.456 e. The van der Waals surface area contributed by atoms with E-state index in [9.17, 15) is 14.7 Å². The Balaban J connectivity index is 1.93. The second kappa shape index (κ2) is 6.03. The highest BCUT2D eigenvalue weighted by Gasteiger charge is 2.49. The van der Waals surface area contributed by atoms with Gasteiger partial charge in [-0.1, -0.05) is 6.58 Å². The third-order valence-corrected chi connectivity index (χ3v) is 3.50. The SMILES string of the molecule is C=CC(=O)OCC(=O)OC1C(C#N)CC2CC1OC2O. The van der Waals surface area contributed by atoms with Crippen LogP contribution in [0.5, 0.6) is 0 Å². The first-order valence-electron chi connectivity index (χ1n) is 6.27. The minimum Gasteiger partial charge on any atom is -0.456 e. The van der Waals surface area contributed by atoms with E-state index in [0.717, 1.165) is 6.08 Å². The monoisotopic (exact) mass is 281 g/mol. The van der Waals surface area contributed by atoms with Crippen molar-refractivity contribution in [2.75, 3.05) is 6.61 Å². The van der Waals surface area contributed by atoms with E-state index in [0.29, 0.717) is 12.8 Å². The summed E-state index contributed by atoms with van der Waals surface area (Å²) in [5.74, 6) is -2.11. The van der Waals surface area contributed by atoms with Crippen molar-refractivity contribution in [3.8, 4) is 6.07 Å². The molecule has 2 rings (SSSR count). The maximum atomic E-state index is 11.6. The van der Waals surface area contributed by atoms with Crippen molar-refractivity contribution in [2.45, 2.75) is 31.3 Å².